The Morgan fingerprint density at radius 2 is 1.52 bits per heavy atom. The summed E-state index contributed by atoms with van der Waals surface area (Å²) in [6.07, 6.45) is 0. The van der Waals surface area contributed by atoms with Crippen LogP contribution in [0.2, 0.25) is 5.02 Å². The summed E-state index contributed by atoms with van der Waals surface area (Å²) in [4.78, 5) is 32.7. The summed E-state index contributed by atoms with van der Waals surface area (Å²) in [5.74, 6) is 0.428. The predicted octanol–water partition coefficient (Wildman–Crippen LogP) is 5.66. The monoisotopic (exact) mass is 553 g/mol. The Morgan fingerprint density at radius 1 is 0.850 bits per heavy atom. The number of anilines is 1. The minimum atomic E-state index is -0.308. The Labute approximate surface area is 240 Å². The van der Waals surface area contributed by atoms with Gasteiger partial charge in [0.15, 0.2) is 5.82 Å². The second-order valence-electron chi connectivity index (χ2n) is 10.0. The van der Waals surface area contributed by atoms with Crippen LogP contribution in [-0.4, -0.2) is 64.5 Å². The molecule has 5 rings (SSSR count). The molecule has 8 heteroatoms. The molecule has 4 aromatic rings. The Bertz CT molecular complexity index is 1450. The SMILES string of the molecule is Cc1ccc(-c2ccc(N3CCN(C(=O)CN(C(=O)c4ccccc4Cl)[C@H](C)c4ccccc4)CC3)nn2)cc1. The number of carbonyl (C=O) groups excluding carboxylic acids is 2. The van der Waals surface area contributed by atoms with Crippen LogP contribution in [0.3, 0.4) is 0 Å². The first-order valence-corrected chi connectivity index (χ1v) is 13.8. The summed E-state index contributed by atoms with van der Waals surface area (Å²) < 4.78 is 0. The molecule has 0 saturated carbocycles. The molecule has 0 spiro atoms. The molecule has 0 unspecified atom stereocenters. The van der Waals surface area contributed by atoms with Gasteiger partial charge in [-0.1, -0.05) is 83.9 Å². The molecule has 3 aromatic carbocycles. The zero-order valence-corrected chi connectivity index (χ0v) is 23.5. The molecule has 1 fully saturated rings. The summed E-state index contributed by atoms with van der Waals surface area (Å²) in [7, 11) is 0. The minimum Gasteiger partial charge on any atom is -0.352 e. The van der Waals surface area contributed by atoms with E-state index in [0.29, 0.717) is 36.8 Å². The molecular weight excluding hydrogens is 522 g/mol. The second-order valence-corrected chi connectivity index (χ2v) is 10.4. The molecule has 1 aliphatic rings. The fraction of sp³-hybridized carbons (Fsp3) is 0.250. The number of piperazine rings is 1. The maximum Gasteiger partial charge on any atom is 0.256 e. The van der Waals surface area contributed by atoms with Crippen molar-refractivity contribution in [1.82, 2.24) is 20.0 Å². The van der Waals surface area contributed by atoms with E-state index in [1.54, 1.807) is 29.2 Å². The van der Waals surface area contributed by atoms with Gasteiger partial charge in [-0.15, -0.1) is 10.2 Å². The number of hydrogen-bond acceptors (Lipinski definition) is 5. The average molecular weight is 554 g/mol. The molecule has 0 bridgehead atoms. The molecule has 2 heterocycles. The standard InChI is InChI=1S/C32H32ClN5O2/c1-23-12-14-26(15-13-23)29-16-17-30(35-34-29)36-18-20-37(21-19-36)31(39)22-38(24(2)25-8-4-3-5-9-25)32(40)27-10-6-7-11-28(27)33/h3-17,24H,18-22H2,1-2H3/t24-/m1/s1. The van der Waals surface area contributed by atoms with Crippen molar-refractivity contribution in [2.24, 2.45) is 0 Å². The minimum absolute atomic E-state index is 0.0365. The summed E-state index contributed by atoms with van der Waals surface area (Å²) in [6.45, 7) is 6.30. The van der Waals surface area contributed by atoms with Gasteiger partial charge in [-0.05, 0) is 43.7 Å². The second kappa shape index (κ2) is 12.3. The third-order valence-corrected chi connectivity index (χ3v) is 7.70. The Kier molecular flexibility index (Phi) is 8.41. The Balaban J connectivity index is 1.25. The third-order valence-electron chi connectivity index (χ3n) is 7.37. The van der Waals surface area contributed by atoms with Crippen molar-refractivity contribution in [1.29, 1.82) is 0 Å². The fourth-order valence-electron chi connectivity index (χ4n) is 4.89. The quantitative estimate of drug-likeness (QED) is 0.295. The van der Waals surface area contributed by atoms with Crippen molar-refractivity contribution in [3.8, 4) is 11.3 Å². The van der Waals surface area contributed by atoms with E-state index >= 15 is 0 Å². The van der Waals surface area contributed by atoms with Gasteiger partial charge in [0.25, 0.3) is 5.91 Å². The van der Waals surface area contributed by atoms with Crippen LogP contribution in [0.5, 0.6) is 0 Å². The normalized spacial score (nSPS) is 14.1. The van der Waals surface area contributed by atoms with Gasteiger partial charge >= 0.3 is 0 Å². The zero-order chi connectivity index (χ0) is 28.1. The topological polar surface area (TPSA) is 69.6 Å². The van der Waals surface area contributed by atoms with Gasteiger partial charge in [0, 0.05) is 31.7 Å². The average Bonchev–Trinajstić information content (AvgIpc) is 3.00. The van der Waals surface area contributed by atoms with Crippen molar-refractivity contribution in [3.05, 3.63) is 113 Å². The molecule has 0 radical (unpaired) electrons. The largest absolute Gasteiger partial charge is 0.352 e. The summed E-state index contributed by atoms with van der Waals surface area (Å²) in [5, 5.41) is 9.24. The van der Waals surface area contributed by atoms with Crippen molar-refractivity contribution in [3.63, 3.8) is 0 Å². The number of carbonyl (C=O) groups is 2. The van der Waals surface area contributed by atoms with E-state index in [9.17, 15) is 9.59 Å². The molecule has 2 amide bonds. The summed E-state index contributed by atoms with van der Waals surface area (Å²) in [6, 6.07) is 28.5. The number of amides is 2. The molecule has 1 aliphatic heterocycles. The van der Waals surface area contributed by atoms with Crippen LogP contribution in [0, 0.1) is 6.92 Å². The number of halogens is 1. The molecule has 1 saturated heterocycles. The highest BCUT2D eigenvalue weighted by molar-refractivity contribution is 6.33. The van der Waals surface area contributed by atoms with Crippen molar-refractivity contribution < 1.29 is 9.59 Å². The number of aromatic nitrogens is 2. The van der Waals surface area contributed by atoms with Crippen LogP contribution < -0.4 is 4.90 Å². The lowest BCUT2D eigenvalue weighted by molar-refractivity contribution is -0.132. The maximum absolute atomic E-state index is 13.6. The summed E-state index contributed by atoms with van der Waals surface area (Å²) >= 11 is 6.36. The molecule has 7 nitrogen and oxygen atoms in total. The van der Waals surface area contributed by atoms with Crippen LogP contribution in [0.15, 0.2) is 91.0 Å². The van der Waals surface area contributed by atoms with Crippen molar-refractivity contribution in [2.75, 3.05) is 37.6 Å². The third kappa shape index (κ3) is 6.15. The van der Waals surface area contributed by atoms with Gasteiger partial charge in [0.1, 0.15) is 6.54 Å². The first-order valence-electron chi connectivity index (χ1n) is 13.4. The molecular formula is C32H32ClN5O2. The van der Waals surface area contributed by atoms with Crippen LogP contribution >= 0.6 is 11.6 Å². The van der Waals surface area contributed by atoms with Gasteiger partial charge in [-0.25, -0.2) is 0 Å². The summed E-state index contributed by atoms with van der Waals surface area (Å²) in [5.41, 5.74) is 4.39. The van der Waals surface area contributed by atoms with Crippen LogP contribution in [0.4, 0.5) is 5.82 Å². The van der Waals surface area contributed by atoms with Crippen molar-refractivity contribution in [2.45, 2.75) is 19.9 Å². The number of hydrogen-bond donors (Lipinski definition) is 0. The lowest BCUT2D eigenvalue weighted by atomic mass is 10.1. The van der Waals surface area contributed by atoms with E-state index in [1.165, 1.54) is 5.56 Å². The van der Waals surface area contributed by atoms with Gasteiger partial charge in [0.05, 0.1) is 22.3 Å². The maximum atomic E-state index is 13.6. The molecule has 204 valence electrons. The first-order chi connectivity index (χ1) is 19.4. The van der Waals surface area contributed by atoms with Gasteiger partial charge < -0.3 is 14.7 Å². The number of benzene rings is 3. The lowest BCUT2D eigenvalue weighted by Gasteiger charge is -2.37. The van der Waals surface area contributed by atoms with Gasteiger partial charge in [0.2, 0.25) is 5.91 Å². The molecule has 1 aromatic heterocycles. The lowest BCUT2D eigenvalue weighted by Crippen LogP contribution is -2.52. The smallest absolute Gasteiger partial charge is 0.256 e. The van der Waals surface area contributed by atoms with Crippen molar-refractivity contribution >= 4 is 29.2 Å². The predicted molar refractivity (Wildman–Crippen MR) is 158 cm³/mol. The number of aryl methyl sites for hydroxylation is 1. The Morgan fingerprint density at radius 3 is 2.17 bits per heavy atom. The first kappa shape index (κ1) is 27.3. The number of nitrogens with zero attached hydrogens (tertiary/aromatic N) is 5. The molecule has 0 aliphatic carbocycles. The molecule has 1 atom stereocenters. The van der Waals surface area contributed by atoms with E-state index in [0.717, 1.165) is 22.6 Å². The van der Waals surface area contributed by atoms with Gasteiger partial charge in [-0.2, -0.15) is 0 Å². The van der Waals surface area contributed by atoms with E-state index in [2.05, 4.69) is 34.2 Å². The highest BCUT2D eigenvalue weighted by Crippen LogP contribution is 2.26. The Hall–Kier alpha value is -4.23. The van der Waals surface area contributed by atoms with E-state index in [-0.39, 0.29) is 24.4 Å². The van der Waals surface area contributed by atoms with Gasteiger partial charge in [-0.3, -0.25) is 9.59 Å². The van der Waals surface area contributed by atoms with Crippen LogP contribution in [-0.2, 0) is 4.79 Å². The van der Waals surface area contributed by atoms with E-state index in [1.807, 2.05) is 66.4 Å². The molecule has 0 N–H and O–H groups in total. The van der Waals surface area contributed by atoms with Crippen LogP contribution in [0.25, 0.3) is 11.3 Å². The fourth-order valence-corrected chi connectivity index (χ4v) is 5.10. The molecule has 40 heavy (non-hydrogen) atoms. The van der Waals surface area contributed by atoms with Crippen LogP contribution in [0.1, 0.15) is 34.5 Å². The number of rotatable bonds is 7. The highest BCUT2D eigenvalue weighted by atomic mass is 35.5. The highest BCUT2D eigenvalue weighted by Gasteiger charge is 2.30. The van der Waals surface area contributed by atoms with E-state index < -0.39 is 0 Å². The zero-order valence-electron chi connectivity index (χ0n) is 22.7. The van der Waals surface area contributed by atoms with E-state index in [4.69, 9.17) is 11.6 Å².